The van der Waals surface area contributed by atoms with Crippen LogP contribution in [0.15, 0.2) is 42.1 Å². The number of carbonyl (C=O) groups excluding carboxylic acids is 2. The number of carbonyl (C=O) groups is 2. The number of amides is 3. The molecule has 88 valence electrons. The van der Waals surface area contributed by atoms with Crippen LogP contribution in [0.3, 0.4) is 0 Å². The summed E-state index contributed by atoms with van der Waals surface area (Å²) < 4.78 is 0. The fraction of sp³-hybridized carbons (Fsp3) is 0.0909. The molecular formula is C11H12N4O2. The molecule has 0 fully saturated rings. The Morgan fingerprint density at radius 1 is 1.29 bits per heavy atom. The van der Waals surface area contributed by atoms with Crippen LogP contribution in [0.2, 0.25) is 0 Å². The fourth-order valence-corrected chi connectivity index (χ4v) is 1.67. The molecule has 1 aromatic carbocycles. The first-order chi connectivity index (χ1) is 8.22. The molecular weight excluding hydrogens is 220 g/mol. The van der Waals surface area contributed by atoms with Crippen molar-refractivity contribution in [3.05, 3.63) is 47.7 Å². The molecule has 1 atom stereocenters. The van der Waals surface area contributed by atoms with Gasteiger partial charge >= 0.3 is 6.03 Å². The molecule has 6 nitrogen and oxygen atoms in total. The van der Waals surface area contributed by atoms with E-state index in [9.17, 15) is 9.59 Å². The Balaban J connectivity index is 2.36. The number of nitrogens with two attached hydrogens (primary N) is 1. The first-order valence-electron chi connectivity index (χ1n) is 5.05. The highest BCUT2D eigenvalue weighted by Gasteiger charge is 2.27. The van der Waals surface area contributed by atoms with Gasteiger partial charge in [-0.1, -0.05) is 30.3 Å². The van der Waals surface area contributed by atoms with Crippen LogP contribution in [0.25, 0.3) is 0 Å². The predicted molar refractivity (Wildman–Crippen MR) is 61.3 cm³/mol. The highest BCUT2D eigenvalue weighted by atomic mass is 16.2. The van der Waals surface area contributed by atoms with Gasteiger partial charge in [-0.2, -0.15) is 0 Å². The maximum Gasteiger partial charge on any atom is 0.319 e. The van der Waals surface area contributed by atoms with Gasteiger partial charge in [0.1, 0.15) is 0 Å². The Morgan fingerprint density at radius 3 is 2.65 bits per heavy atom. The van der Waals surface area contributed by atoms with E-state index in [-0.39, 0.29) is 6.03 Å². The summed E-state index contributed by atoms with van der Waals surface area (Å²) in [5.41, 5.74) is 3.23. The predicted octanol–water partition coefficient (Wildman–Crippen LogP) is -0.0857. The Labute approximate surface area is 97.8 Å². The molecule has 2 rings (SSSR count). The molecule has 0 saturated carbocycles. The highest BCUT2D eigenvalue weighted by molar-refractivity contribution is 5.97. The molecule has 1 aliphatic heterocycles. The van der Waals surface area contributed by atoms with Crippen molar-refractivity contribution in [3.63, 3.8) is 0 Å². The third-order valence-corrected chi connectivity index (χ3v) is 2.47. The number of rotatable bonds is 2. The Hall–Kier alpha value is -2.34. The molecule has 0 aromatic heterocycles. The Kier molecular flexibility index (Phi) is 3.06. The van der Waals surface area contributed by atoms with Crippen LogP contribution in [-0.4, -0.2) is 11.9 Å². The summed E-state index contributed by atoms with van der Waals surface area (Å²) in [4.78, 5) is 22.8. The Bertz CT molecular complexity index is 470. The van der Waals surface area contributed by atoms with Gasteiger partial charge in [0.25, 0.3) is 5.91 Å². The normalized spacial score (nSPS) is 18.8. The number of hydrazine groups is 1. The van der Waals surface area contributed by atoms with Crippen molar-refractivity contribution in [1.82, 2.24) is 16.1 Å². The van der Waals surface area contributed by atoms with Gasteiger partial charge in [-0.05, 0) is 5.56 Å². The van der Waals surface area contributed by atoms with Gasteiger partial charge in [-0.15, -0.1) is 0 Å². The lowest BCUT2D eigenvalue weighted by molar-refractivity contribution is -0.117. The zero-order chi connectivity index (χ0) is 12.3. The van der Waals surface area contributed by atoms with Crippen LogP contribution < -0.4 is 21.9 Å². The van der Waals surface area contributed by atoms with Crippen molar-refractivity contribution in [2.45, 2.75) is 6.04 Å². The SMILES string of the molecule is NNC(=O)C1=CNC(=O)N[C@@H]1c1ccccc1. The lowest BCUT2D eigenvalue weighted by Gasteiger charge is -2.25. The van der Waals surface area contributed by atoms with Crippen LogP contribution in [0.5, 0.6) is 0 Å². The number of hydrogen-bond acceptors (Lipinski definition) is 3. The van der Waals surface area contributed by atoms with Crippen LogP contribution >= 0.6 is 0 Å². The van der Waals surface area contributed by atoms with Gasteiger partial charge in [0.15, 0.2) is 0 Å². The van der Waals surface area contributed by atoms with E-state index >= 15 is 0 Å². The minimum atomic E-state index is -0.492. The van der Waals surface area contributed by atoms with Crippen LogP contribution in [0, 0.1) is 0 Å². The zero-order valence-corrected chi connectivity index (χ0v) is 8.94. The lowest BCUT2D eigenvalue weighted by Crippen LogP contribution is -2.45. The molecule has 6 heteroatoms. The standard InChI is InChI=1S/C11H12N4O2/c12-15-10(16)8-6-13-11(17)14-9(8)7-4-2-1-3-5-7/h1-6,9H,12H2,(H,15,16)(H2,13,14,17)/t9-/m1/s1. The van der Waals surface area contributed by atoms with Gasteiger partial charge in [-0.25, -0.2) is 10.6 Å². The van der Waals surface area contributed by atoms with Crippen LogP contribution in [0.4, 0.5) is 4.79 Å². The van der Waals surface area contributed by atoms with E-state index in [1.165, 1.54) is 6.20 Å². The van der Waals surface area contributed by atoms with E-state index in [1.54, 1.807) is 0 Å². The van der Waals surface area contributed by atoms with Gasteiger partial charge < -0.3 is 10.6 Å². The van der Waals surface area contributed by atoms with Crippen LogP contribution in [-0.2, 0) is 4.79 Å². The molecule has 3 amide bonds. The lowest BCUT2D eigenvalue weighted by atomic mass is 9.98. The number of benzene rings is 1. The number of nitrogens with one attached hydrogen (secondary N) is 3. The van der Waals surface area contributed by atoms with Gasteiger partial charge in [0, 0.05) is 6.20 Å². The van der Waals surface area contributed by atoms with E-state index in [4.69, 9.17) is 5.84 Å². The average molecular weight is 232 g/mol. The molecule has 0 saturated heterocycles. The summed E-state index contributed by atoms with van der Waals surface area (Å²) in [7, 11) is 0. The van der Waals surface area contributed by atoms with Gasteiger partial charge in [0.05, 0.1) is 11.6 Å². The molecule has 17 heavy (non-hydrogen) atoms. The number of hydrogen-bond donors (Lipinski definition) is 4. The molecule has 1 aliphatic rings. The topological polar surface area (TPSA) is 96.2 Å². The van der Waals surface area contributed by atoms with E-state index in [0.717, 1.165) is 5.56 Å². The first-order valence-corrected chi connectivity index (χ1v) is 5.05. The van der Waals surface area contributed by atoms with Crippen molar-refractivity contribution < 1.29 is 9.59 Å². The van der Waals surface area contributed by atoms with Crippen molar-refractivity contribution in [2.75, 3.05) is 0 Å². The van der Waals surface area contributed by atoms with E-state index in [0.29, 0.717) is 5.57 Å². The van der Waals surface area contributed by atoms with Crippen molar-refractivity contribution in [1.29, 1.82) is 0 Å². The molecule has 5 N–H and O–H groups in total. The maximum absolute atomic E-state index is 11.6. The van der Waals surface area contributed by atoms with Crippen molar-refractivity contribution in [2.24, 2.45) is 5.84 Å². The highest BCUT2D eigenvalue weighted by Crippen LogP contribution is 2.22. The molecule has 0 bridgehead atoms. The van der Waals surface area contributed by atoms with Gasteiger partial charge in [-0.3, -0.25) is 10.2 Å². The average Bonchev–Trinajstić information content (AvgIpc) is 2.39. The van der Waals surface area contributed by atoms with Crippen molar-refractivity contribution in [3.8, 4) is 0 Å². The second kappa shape index (κ2) is 4.67. The maximum atomic E-state index is 11.6. The third kappa shape index (κ3) is 2.26. The molecule has 1 aromatic rings. The summed E-state index contributed by atoms with van der Waals surface area (Å²) in [5.74, 6) is 4.66. The van der Waals surface area contributed by atoms with Crippen LogP contribution in [0.1, 0.15) is 11.6 Å². The number of urea groups is 1. The second-order valence-electron chi connectivity index (χ2n) is 3.53. The first kappa shape index (κ1) is 11.2. The van der Waals surface area contributed by atoms with Gasteiger partial charge in [0.2, 0.25) is 0 Å². The molecule has 0 aliphatic carbocycles. The molecule has 0 unspecified atom stereocenters. The third-order valence-electron chi connectivity index (χ3n) is 2.47. The summed E-state index contributed by atoms with van der Waals surface area (Å²) in [5, 5.41) is 5.08. The molecule has 0 radical (unpaired) electrons. The summed E-state index contributed by atoms with van der Waals surface area (Å²) in [6, 6.07) is 8.34. The Morgan fingerprint density at radius 2 is 2.00 bits per heavy atom. The van der Waals surface area contributed by atoms with E-state index in [2.05, 4.69) is 16.1 Å². The molecule has 1 heterocycles. The monoisotopic (exact) mass is 232 g/mol. The fourth-order valence-electron chi connectivity index (χ4n) is 1.67. The zero-order valence-electron chi connectivity index (χ0n) is 8.94. The minimum absolute atomic E-state index is 0.354. The summed E-state index contributed by atoms with van der Waals surface area (Å²) >= 11 is 0. The largest absolute Gasteiger partial charge is 0.327 e. The summed E-state index contributed by atoms with van der Waals surface area (Å²) in [6.45, 7) is 0. The quantitative estimate of drug-likeness (QED) is 0.326. The van der Waals surface area contributed by atoms with E-state index < -0.39 is 11.9 Å². The smallest absolute Gasteiger partial charge is 0.319 e. The summed E-state index contributed by atoms with van der Waals surface area (Å²) in [6.07, 6.45) is 1.36. The van der Waals surface area contributed by atoms with E-state index in [1.807, 2.05) is 30.3 Å². The molecule has 0 spiro atoms. The minimum Gasteiger partial charge on any atom is -0.327 e. The van der Waals surface area contributed by atoms with Crippen molar-refractivity contribution >= 4 is 11.9 Å². The second-order valence-corrected chi connectivity index (χ2v) is 3.53.